The van der Waals surface area contributed by atoms with Crippen LogP contribution in [0.2, 0.25) is 0 Å². The summed E-state index contributed by atoms with van der Waals surface area (Å²) in [6.45, 7) is 10.7. The van der Waals surface area contributed by atoms with Crippen LogP contribution in [-0.2, 0) is 4.74 Å². The minimum atomic E-state index is 0.462. The van der Waals surface area contributed by atoms with Crippen LogP contribution in [0.15, 0.2) is 18.3 Å². The van der Waals surface area contributed by atoms with Gasteiger partial charge in [0.2, 0.25) is 5.88 Å². The molecule has 6 rings (SSSR count). The van der Waals surface area contributed by atoms with Gasteiger partial charge in [0.05, 0.1) is 12.7 Å². The molecule has 0 aliphatic heterocycles. The van der Waals surface area contributed by atoms with Crippen LogP contribution in [0.4, 0.5) is 0 Å². The molecule has 0 saturated heterocycles. The number of hydrogen-bond donors (Lipinski definition) is 0. The Kier molecular flexibility index (Phi) is 4.83. The van der Waals surface area contributed by atoms with Crippen molar-refractivity contribution in [2.24, 2.45) is 51.8 Å². The summed E-state index contributed by atoms with van der Waals surface area (Å²) in [7, 11) is 2.01. The Labute approximate surface area is 195 Å². The van der Waals surface area contributed by atoms with Crippen LogP contribution < -0.4 is 4.74 Å². The van der Waals surface area contributed by atoms with E-state index < -0.39 is 0 Å². The van der Waals surface area contributed by atoms with Gasteiger partial charge in [0.1, 0.15) is 0 Å². The zero-order chi connectivity index (χ0) is 22.3. The molecule has 0 N–H and O–H groups in total. The highest BCUT2D eigenvalue weighted by molar-refractivity contribution is 5.26. The fraction of sp³-hybridized carbons (Fsp3) is 0.828. The fourth-order valence-electron chi connectivity index (χ4n) is 10.5. The van der Waals surface area contributed by atoms with Crippen LogP contribution >= 0.6 is 0 Å². The zero-order valence-corrected chi connectivity index (χ0v) is 20.9. The molecule has 5 saturated carbocycles. The van der Waals surface area contributed by atoms with Crippen molar-refractivity contribution in [3.8, 4) is 5.88 Å². The summed E-state index contributed by atoms with van der Waals surface area (Å²) in [5, 5.41) is 0. The number of fused-ring (bicyclic) bond motifs is 4. The van der Waals surface area contributed by atoms with Crippen molar-refractivity contribution >= 4 is 0 Å². The predicted molar refractivity (Wildman–Crippen MR) is 127 cm³/mol. The smallest absolute Gasteiger partial charge is 0.216 e. The predicted octanol–water partition coefficient (Wildman–Crippen LogP) is 6.69. The third kappa shape index (κ3) is 2.67. The molecule has 32 heavy (non-hydrogen) atoms. The van der Waals surface area contributed by atoms with Gasteiger partial charge in [-0.3, -0.25) is 0 Å². The molecule has 1 aromatic heterocycles. The number of aromatic nitrogens is 1. The quantitative estimate of drug-likeness (QED) is 0.514. The maximum Gasteiger partial charge on any atom is 0.216 e. The first kappa shape index (κ1) is 21.4. The van der Waals surface area contributed by atoms with Crippen molar-refractivity contribution < 1.29 is 9.47 Å². The summed E-state index contributed by atoms with van der Waals surface area (Å²) >= 11 is 0. The average Bonchev–Trinajstić information content (AvgIpc) is 3.29. The van der Waals surface area contributed by atoms with Gasteiger partial charge in [0.15, 0.2) is 0 Å². The number of aryl methyl sites for hydroxylation is 1. The van der Waals surface area contributed by atoms with Gasteiger partial charge in [0.25, 0.3) is 0 Å². The summed E-state index contributed by atoms with van der Waals surface area (Å²) in [6.07, 6.45) is 13.7. The van der Waals surface area contributed by atoms with Gasteiger partial charge in [0, 0.05) is 24.3 Å². The summed E-state index contributed by atoms with van der Waals surface area (Å²) in [6, 6.07) is 4.08. The molecule has 0 radical (unpaired) electrons. The van der Waals surface area contributed by atoms with Gasteiger partial charge < -0.3 is 9.47 Å². The van der Waals surface area contributed by atoms with Crippen LogP contribution in [-0.4, -0.2) is 24.8 Å². The van der Waals surface area contributed by atoms with E-state index in [0.29, 0.717) is 28.3 Å². The Hall–Kier alpha value is -1.09. The molecule has 3 nitrogen and oxygen atoms in total. The van der Waals surface area contributed by atoms with Gasteiger partial charge in [-0.2, -0.15) is 0 Å². The first-order chi connectivity index (χ1) is 15.3. The Morgan fingerprint density at radius 3 is 2.72 bits per heavy atom. The summed E-state index contributed by atoms with van der Waals surface area (Å²) in [5.41, 5.74) is 2.67. The maximum absolute atomic E-state index is 6.29. The molecule has 5 aliphatic carbocycles. The summed E-state index contributed by atoms with van der Waals surface area (Å²) < 4.78 is 12.5. The molecule has 0 amide bonds. The Balaban J connectivity index is 1.21. The van der Waals surface area contributed by atoms with Crippen molar-refractivity contribution in [2.45, 2.75) is 85.2 Å². The number of pyridine rings is 1. The van der Waals surface area contributed by atoms with Crippen LogP contribution in [0, 0.1) is 58.7 Å². The number of methoxy groups -OCH3 is 1. The third-order valence-corrected chi connectivity index (χ3v) is 12.0. The van der Waals surface area contributed by atoms with Crippen molar-refractivity contribution in [1.82, 2.24) is 4.98 Å². The van der Waals surface area contributed by atoms with E-state index in [1.54, 1.807) is 0 Å². The topological polar surface area (TPSA) is 31.4 Å². The largest absolute Gasteiger partial charge is 0.477 e. The molecular weight excluding hydrogens is 394 g/mol. The van der Waals surface area contributed by atoms with E-state index in [1.807, 2.05) is 19.4 Å². The summed E-state index contributed by atoms with van der Waals surface area (Å²) in [5.74, 6) is 5.79. The van der Waals surface area contributed by atoms with Crippen LogP contribution in [0.1, 0.15) is 77.7 Å². The van der Waals surface area contributed by atoms with Gasteiger partial charge in [-0.1, -0.05) is 26.8 Å². The monoisotopic (exact) mass is 437 g/mol. The van der Waals surface area contributed by atoms with E-state index in [1.165, 1.54) is 51.4 Å². The van der Waals surface area contributed by atoms with Crippen molar-refractivity contribution in [3.63, 3.8) is 0 Å². The second-order valence-electron chi connectivity index (χ2n) is 12.9. The minimum absolute atomic E-state index is 0.462. The van der Waals surface area contributed by atoms with Gasteiger partial charge >= 0.3 is 0 Å². The third-order valence-electron chi connectivity index (χ3n) is 12.0. The SMILES string of the molecule is COC1C[C@H]2[C@@H]3CC[C@H]([C@H](C)COc4ncccc4C)[C@@]3(C)CC[C@@H]2[C@@]2(C)CC[C@@H]3C[C@@]132. The highest BCUT2D eigenvalue weighted by atomic mass is 16.5. The van der Waals surface area contributed by atoms with Crippen molar-refractivity contribution in [3.05, 3.63) is 23.9 Å². The molecule has 176 valence electrons. The highest BCUT2D eigenvalue weighted by Gasteiger charge is 2.77. The van der Waals surface area contributed by atoms with Gasteiger partial charge in [-0.25, -0.2) is 4.98 Å². The lowest BCUT2D eigenvalue weighted by Gasteiger charge is -2.61. The normalized spacial score (nSPS) is 49.5. The first-order valence-corrected chi connectivity index (χ1v) is 13.4. The van der Waals surface area contributed by atoms with Gasteiger partial charge in [-0.05, 0) is 111 Å². The zero-order valence-electron chi connectivity index (χ0n) is 20.9. The standard InChI is InChI=1S/C29H43NO2/c1-18-7-6-14-30-26(18)32-17-19(2)22-8-9-23-21-15-25(31-5)29-16-20(29)10-13-28(29,4)24(21)11-12-27(22,23)3/h6-7,14,19-25H,8-13,15-17H2,1-5H3/t19-,20-,21+,22-,23+,24+,25?,27-,28-,29+/m1/s1. The lowest BCUT2D eigenvalue weighted by molar-refractivity contribution is -0.161. The number of hydrogen-bond acceptors (Lipinski definition) is 3. The van der Waals surface area contributed by atoms with Crippen molar-refractivity contribution in [1.29, 1.82) is 0 Å². The van der Waals surface area contributed by atoms with E-state index in [-0.39, 0.29) is 0 Å². The first-order valence-electron chi connectivity index (χ1n) is 13.4. The highest BCUT2D eigenvalue weighted by Crippen LogP contribution is 2.82. The van der Waals surface area contributed by atoms with Crippen molar-refractivity contribution in [2.75, 3.05) is 13.7 Å². The molecule has 3 heteroatoms. The van der Waals surface area contributed by atoms with E-state index >= 15 is 0 Å². The average molecular weight is 438 g/mol. The Morgan fingerprint density at radius 2 is 1.97 bits per heavy atom. The molecule has 0 bridgehead atoms. The fourth-order valence-corrected chi connectivity index (χ4v) is 10.5. The molecule has 5 aliphatic rings. The van der Waals surface area contributed by atoms with E-state index in [4.69, 9.17) is 9.47 Å². The molecule has 1 spiro atoms. The molecule has 5 fully saturated rings. The molecule has 10 atom stereocenters. The molecule has 1 aromatic rings. The number of rotatable bonds is 5. The number of nitrogens with zero attached hydrogens (tertiary/aromatic N) is 1. The molecule has 1 unspecified atom stereocenters. The molecular formula is C29H43NO2. The molecule has 1 heterocycles. The second-order valence-corrected chi connectivity index (χ2v) is 12.9. The van der Waals surface area contributed by atoms with E-state index in [9.17, 15) is 0 Å². The minimum Gasteiger partial charge on any atom is -0.477 e. The number of ether oxygens (including phenoxy) is 2. The maximum atomic E-state index is 6.29. The summed E-state index contributed by atoms with van der Waals surface area (Å²) in [4.78, 5) is 4.46. The Morgan fingerprint density at radius 1 is 1.12 bits per heavy atom. The lowest BCUT2D eigenvalue weighted by Crippen LogP contribution is -2.57. The van der Waals surface area contributed by atoms with Crippen LogP contribution in [0.3, 0.4) is 0 Å². The van der Waals surface area contributed by atoms with Crippen LogP contribution in [0.5, 0.6) is 5.88 Å². The van der Waals surface area contributed by atoms with Gasteiger partial charge in [-0.15, -0.1) is 0 Å². The van der Waals surface area contributed by atoms with E-state index in [2.05, 4.69) is 38.7 Å². The lowest BCUT2D eigenvalue weighted by atomic mass is 9.45. The second kappa shape index (κ2) is 7.20. The molecule has 0 aromatic carbocycles. The Bertz CT molecular complexity index is 886. The van der Waals surface area contributed by atoms with E-state index in [0.717, 1.165) is 47.6 Å². The van der Waals surface area contributed by atoms with Crippen LogP contribution in [0.25, 0.3) is 0 Å².